The van der Waals surface area contributed by atoms with Crippen molar-refractivity contribution in [3.8, 4) is 11.3 Å². The minimum Gasteiger partial charge on any atom is -0.460 e. The van der Waals surface area contributed by atoms with Crippen molar-refractivity contribution in [2.75, 3.05) is 6.54 Å². The number of hydrogen-bond donors (Lipinski definition) is 1. The summed E-state index contributed by atoms with van der Waals surface area (Å²) in [5.74, 6) is 1.70. The van der Waals surface area contributed by atoms with Gasteiger partial charge in [0, 0.05) is 10.6 Å². The molecule has 0 amide bonds. The number of furan rings is 1. The zero-order chi connectivity index (χ0) is 15.1. The molecule has 0 atom stereocenters. The smallest absolute Gasteiger partial charge is 0.135 e. The van der Waals surface area contributed by atoms with E-state index in [1.165, 1.54) is 25.7 Å². The second-order valence-corrected chi connectivity index (χ2v) is 5.97. The van der Waals surface area contributed by atoms with Crippen LogP contribution in [0.4, 0.5) is 0 Å². The number of hydrogen-bond acceptors (Lipinski definition) is 2. The van der Waals surface area contributed by atoms with Crippen molar-refractivity contribution in [2.45, 2.75) is 39.2 Å². The highest BCUT2D eigenvalue weighted by Gasteiger charge is 2.09. The Morgan fingerprint density at radius 1 is 1.05 bits per heavy atom. The number of rotatable bonds is 8. The molecule has 2 aromatic rings. The SMILES string of the molecule is CCCCCCNCc1ccc(-c2ccc(Cl)cc2Cl)o1.Cl. The van der Waals surface area contributed by atoms with Crippen LogP contribution in [0.5, 0.6) is 0 Å². The fraction of sp³-hybridized carbons (Fsp3) is 0.412. The Kier molecular flexibility index (Phi) is 8.96. The van der Waals surface area contributed by atoms with Gasteiger partial charge in [0.2, 0.25) is 0 Å². The van der Waals surface area contributed by atoms with Crippen LogP contribution >= 0.6 is 35.6 Å². The van der Waals surface area contributed by atoms with Gasteiger partial charge in [-0.2, -0.15) is 0 Å². The van der Waals surface area contributed by atoms with Crippen LogP contribution in [-0.4, -0.2) is 6.54 Å². The van der Waals surface area contributed by atoms with Crippen molar-refractivity contribution < 1.29 is 4.42 Å². The predicted octanol–water partition coefficient (Wildman–Crippen LogP) is 6.35. The fourth-order valence-electron chi connectivity index (χ4n) is 2.20. The van der Waals surface area contributed by atoms with E-state index in [0.717, 1.165) is 30.2 Å². The molecule has 0 saturated carbocycles. The van der Waals surface area contributed by atoms with Crippen molar-refractivity contribution in [1.29, 1.82) is 0 Å². The molecule has 0 aliphatic heterocycles. The summed E-state index contributed by atoms with van der Waals surface area (Å²) in [4.78, 5) is 0. The van der Waals surface area contributed by atoms with Crippen molar-refractivity contribution in [3.05, 3.63) is 46.1 Å². The molecular weight excluding hydrogens is 341 g/mol. The summed E-state index contributed by atoms with van der Waals surface area (Å²) in [6.07, 6.45) is 5.07. The minimum atomic E-state index is 0. The van der Waals surface area contributed by atoms with Crippen LogP contribution in [0, 0.1) is 0 Å². The summed E-state index contributed by atoms with van der Waals surface area (Å²) >= 11 is 12.1. The molecule has 0 radical (unpaired) electrons. The third-order valence-corrected chi connectivity index (χ3v) is 3.91. The number of benzene rings is 1. The fourth-order valence-corrected chi connectivity index (χ4v) is 2.70. The lowest BCUT2D eigenvalue weighted by molar-refractivity contribution is 0.487. The molecule has 0 aliphatic rings. The maximum Gasteiger partial charge on any atom is 0.135 e. The first-order chi connectivity index (χ1) is 10.2. The van der Waals surface area contributed by atoms with Crippen LogP contribution < -0.4 is 5.32 Å². The monoisotopic (exact) mass is 361 g/mol. The van der Waals surface area contributed by atoms with E-state index in [9.17, 15) is 0 Å². The summed E-state index contributed by atoms with van der Waals surface area (Å²) in [5.41, 5.74) is 0.871. The third-order valence-electron chi connectivity index (χ3n) is 3.36. The molecule has 0 bridgehead atoms. The second-order valence-electron chi connectivity index (χ2n) is 5.13. The molecular formula is C17H22Cl3NO. The Hall–Kier alpha value is -0.670. The summed E-state index contributed by atoms with van der Waals surface area (Å²) in [5, 5.41) is 4.64. The molecule has 2 rings (SSSR count). The Labute approximate surface area is 148 Å². The van der Waals surface area contributed by atoms with E-state index < -0.39 is 0 Å². The molecule has 22 heavy (non-hydrogen) atoms. The molecule has 0 spiro atoms. The zero-order valence-corrected chi connectivity index (χ0v) is 15.0. The Morgan fingerprint density at radius 2 is 1.86 bits per heavy atom. The average Bonchev–Trinajstić information content (AvgIpc) is 2.91. The lowest BCUT2D eigenvalue weighted by Crippen LogP contribution is -2.14. The molecule has 5 heteroatoms. The summed E-state index contributed by atoms with van der Waals surface area (Å²) in [6, 6.07) is 9.36. The van der Waals surface area contributed by atoms with Gasteiger partial charge < -0.3 is 9.73 Å². The summed E-state index contributed by atoms with van der Waals surface area (Å²) < 4.78 is 5.83. The Balaban J connectivity index is 0.00000242. The normalized spacial score (nSPS) is 10.5. The van der Waals surface area contributed by atoms with Gasteiger partial charge in [0.15, 0.2) is 0 Å². The van der Waals surface area contributed by atoms with Gasteiger partial charge in [-0.15, -0.1) is 12.4 Å². The van der Waals surface area contributed by atoms with Crippen molar-refractivity contribution in [3.63, 3.8) is 0 Å². The molecule has 0 saturated heterocycles. The van der Waals surface area contributed by atoms with Crippen LogP contribution in [-0.2, 0) is 6.54 Å². The van der Waals surface area contributed by atoms with E-state index in [0.29, 0.717) is 10.0 Å². The number of halogens is 3. The largest absolute Gasteiger partial charge is 0.460 e. The van der Waals surface area contributed by atoms with Crippen LogP contribution in [0.2, 0.25) is 10.0 Å². The van der Waals surface area contributed by atoms with E-state index in [1.54, 1.807) is 6.07 Å². The molecule has 0 aliphatic carbocycles. The second kappa shape index (κ2) is 10.2. The molecule has 1 heterocycles. The summed E-state index contributed by atoms with van der Waals surface area (Å²) in [6.45, 7) is 3.99. The third kappa shape index (κ3) is 5.85. The maximum atomic E-state index is 6.19. The van der Waals surface area contributed by atoms with E-state index in [2.05, 4.69) is 12.2 Å². The van der Waals surface area contributed by atoms with Crippen molar-refractivity contribution in [2.24, 2.45) is 0 Å². The predicted molar refractivity (Wildman–Crippen MR) is 97.3 cm³/mol. The van der Waals surface area contributed by atoms with Gasteiger partial charge in [-0.25, -0.2) is 0 Å². The molecule has 2 nitrogen and oxygen atoms in total. The highest BCUT2D eigenvalue weighted by Crippen LogP contribution is 2.31. The molecule has 1 N–H and O–H groups in total. The van der Waals surface area contributed by atoms with E-state index in [1.807, 2.05) is 24.3 Å². The van der Waals surface area contributed by atoms with Gasteiger partial charge in [0.25, 0.3) is 0 Å². The maximum absolute atomic E-state index is 6.19. The molecule has 0 unspecified atom stereocenters. The van der Waals surface area contributed by atoms with Gasteiger partial charge in [-0.05, 0) is 43.3 Å². The lowest BCUT2D eigenvalue weighted by Gasteiger charge is -2.03. The van der Waals surface area contributed by atoms with Crippen LogP contribution in [0.1, 0.15) is 38.4 Å². The molecule has 0 fully saturated rings. The molecule has 122 valence electrons. The lowest BCUT2D eigenvalue weighted by atomic mass is 10.2. The Morgan fingerprint density at radius 3 is 2.59 bits per heavy atom. The van der Waals surface area contributed by atoms with Gasteiger partial charge in [0.1, 0.15) is 11.5 Å². The Bertz CT molecular complexity index is 569. The highest BCUT2D eigenvalue weighted by atomic mass is 35.5. The summed E-state index contributed by atoms with van der Waals surface area (Å²) in [7, 11) is 0. The van der Waals surface area contributed by atoms with E-state index >= 15 is 0 Å². The van der Waals surface area contributed by atoms with Crippen molar-refractivity contribution >= 4 is 35.6 Å². The first kappa shape index (κ1) is 19.4. The first-order valence-corrected chi connectivity index (χ1v) is 8.21. The van der Waals surface area contributed by atoms with Crippen LogP contribution in [0.25, 0.3) is 11.3 Å². The first-order valence-electron chi connectivity index (χ1n) is 7.45. The molecule has 1 aromatic heterocycles. The number of nitrogens with one attached hydrogen (secondary N) is 1. The average molecular weight is 363 g/mol. The van der Waals surface area contributed by atoms with E-state index in [4.69, 9.17) is 27.6 Å². The van der Waals surface area contributed by atoms with Crippen LogP contribution in [0.15, 0.2) is 34.7 Å². The zero-order valence-electron chi connectivity index (χ0n) is 12.7. The van der Waals surface area contributed by atoms with Gasteiger partial charge in [0.05, 0.1) is 11.6 Å². The van der Waals surface area contributed by atoms with Crippen molar-refractivity contribution in [1.82, 2.24) is 5.32 Å². The number of unbranched alkanes of at least 4 members (excludes halogenated alkanes) is 3. The quantitative estimate of drug-likeness (QED) is 0.554. The van der Waals surface area contributed by atoms with Gasteiger partial charge in [-0.3, -0.25) is 0 Å². The highest BCUT2D eigenvalue weighted by molar-refractivity contribution is 6.36. The molecule has 1 aromatic carbocycles. The van der Waals surface area contributed by atoms with Crippen LogP contribution in [0.3, 0.4) is 0 Å². The minimum absolute atomic E-state index is 0. The van der Waals surface area contributed by atoms with E-state index in [-0.39, 0.29) is 12.4 Å². The standard InChI is InChI=1S/C17H21Cl2NO.ClH/c1-2-3-4-5-10-20-12-14-7-9-17(21-14)15-8-6-13(18)11-16(15)19;/h6-9,11,20H,2-5,10,12H2,1H3;1H. The van der Waals surface area contributed by atoms with Gasteiger partial charge >= 0.3 is 0 Å². The topological polar surface area (TPSA) is 25.2 Å². The van der Waals surface area contributed by atoms with Gasteiger partial charge in [-0.1, -0.05) is 49.4 Å².